The summed E-state index contributed by atoms with van der Waals surface area (Å²) in [6, 6.07) is 19.5. The fraction of sp³-hybridized carbons (Fsp3) is 0.458. The first-order chi connectivity index (χ1) is 31.4. The number of carbonyl (C=O) groups is 6. The van der Waals surface area contributed by atoms with Crippen molar-refractivity contribution in [2.45, 2.75) is 90.5 Å². The molecule has 4 amide bonds. The van der Waals surface area contributed by atoms with Crippen LogP contribution in [0.15, 0.2) is 84.9 Å². The molecule has 0 bridgehead atoms. The summed E-state index contributed by atoms with van der Waals surface area (Å²) in [5.41, 5.74) is -1.95. The van der Waals surface area contributed by atoms with Gasteiger partial charge in [0.1, 0.15) is 12.1 Å². The van der Waals surface area contributed by atoms with Crippen molar-refractivity contribution < 1.29 is 51.2 Å². The third-order valence-electron chi connectivity index (χ3n) is 10.9. The summed E-state index contributed by atoms with van der Waals surface area (Å²) in [7, 11) is -5.21. The number of anilines is 1. The highest BCUT2D eigenvalue weighted by molar-refractivity contribution is 8.13. The predicted molar refractivity (Wildman–Crippen MR) is 256 cm³/mol. The number of rotatable bonds is 20. The van der Waals surface area contributed by atoms with E-state index in [0.29, 0.717) is 37.1 Å². The smallest absolute Gasteiger partial charge is 0.340 e. The number of thioether (sulfide) groups is 2. The highest BCUT2D eigenvalue weighted by Crippen LogP contribution is 2.67. The maximum atomic E-state index is 16.1. The van der Waals surface area contributed by atoms with Gasteiger partial charge in [-0.15, -0.1) is 0 Å². The Kier molecular flexibility index (Phi) is 19.3. The number of nitrogens with zero attached hydrogens (tertiary/aromatic N) is 2. The van der Waals surface area contributed by atoms with Crippen molar-refractivity contribution in [2.75, 3.05) is 43.1 Å². The minimum absolute atomic E-state index is 0.0268. The minimum Gasteiger partial charge on any atom is -0.340 e. The van der Waals surface area contributed by atoms with Crippen LogP contribution in [0.4, 0.5) is 14.5 Å². The average molecular weight is 969 g/mol. The average Bonchev–Trinajstić information content (AvgIpc) is 3.70. The van der Waals surface area contributed by atoms with E-state index in [4.69, 9.17) is 9.05 Å². The third kappa shape index (κ3) is 14.7. The Hall–Kier alpha value is -4.67. The molecular weight excluding hydrogens is 910 g/mol. The Labute approximate surface area is 394 Å². The highest BCUT2D eigenvalue weighted by Gasteiger charge is 2.55. The zero-order valence-electron chi connectivity index (χ0n) is 37.9. The molecule has 2 aliphatic heterocycles. The molecule has 2 fully saturated rings. The van der Waals surface area contributed by atoms with Crippen molar-refractivity contribution in [3.8, 4) is 11.1 Å². The predicted octanol–water partition coefficient (Wildman–Crippen LogP) is 8.99. The first-order valence-corrected chi connectivity index (χ1v) is 25.6. The maximum Gasteiger partial charge on any atom is 0.404 e. The summed E-state index contributed by atoms with van der Waals surface area (Å²) in [5, 5.41) is 5.32. The Bertz CT molecular complexity index is 2210. The molecule has 18 heteroatoms. The Morgan fingerprint density at radius 1 is 0.818 bits per heavy atom. The first-order valence-electron chi connectivity index (χ1n) is 22.1. The molecule has 13 nitrogen and oxygen atoms in total. The summed E-state index contributed by atoms with van der Waals surface area (Å²) in [5.74, 6) is -1.70. The lowest BCUT2D eigenvalue weighted by Crippen LogP contribution is -2.60. The molecular formula is C48H59F2N4O9PS2. The normalized spacial score (nSPS) is 18.0. The van der Waals surface area contributed by atoms with Gasteiger partial charge in [-0.1, -0.05) is 118 Å². The molecule has 2 heterocycles. The van der Waals surface area contributed by atoms with E-state index in [9.17, 15) is 33.3 Å². The van der Waals surface area contributed by atoms with Gasteiger partial charge in [-0.2, -0.15) is 8.78 Å². The summed E-state index contributed by atoms with van der Waals surface area (Å²) < 4.78 is 56.6. The number of carbonyl (C=O) groups excluding carboxylic acids is 6. The number of hydrogen-bond acceptors (Lipinski definition) is 11. The largest absolute Gasteiger partial charge is 0.404 e. The summed E-state index contributed by atoms with van der Waals surface area (Å²) >= 11 is 1.78. The van der Waals surface area contributed by atoms with Crippen LogP contribution in [0.5, 0.6) is 0 Å². The van der Waals surface area contributed by atoms with Crippen LogP contribution in [0.1, 0.15) is 77.8 Å². The number of hydrogen-bond donors (Lipinski definition) is 2. The standard InChI is InChI=1S/C48H59F2N4O9PS2/c1-32(2)29-44(57)65-27-25-62-64(61,63-26-28-66-45(58)30-33(3)4)48(49,50)38-16-11-35(12-17-38)13-22-43(56)52-41-31-53(34(5)55)24-23-40-20-21-42(54(40)47(41)60)46(59)51-39-18-14-37(15-19-39)36-9-7-6-8-10-36/h6-19,22,32-33,40-42H,20-21,23-31H2,1-5H3,(H,51,59)(H,52,56)/b22-13+/t40-,41+,42+/m1/s1. The van der Waals surface area contributed by atoms with Crippen molar-refractivity contribution in [3.05, 3.63) is 96.1 Å². The number of halogens is 2. The minimum atomic E-state index is -5.21. The molecule has 2 N–H and O–H groups in total. The lowest BCUT2D eigenvalue weighted by atomic mass is 10.1. The number of fused-ring (bicyclic) bond motifs is 1. The maximum absolute atomic E-state index is 16.1. The highest BCUT2D eigenvalue weighted by atomic mass is 32.2. The molecule has 356 valence electrons. The Morgan fingerprint density at radius 3 is 1.95 bits per heavy atom. The zero-order chi connectivity index (χ0) is 48.0. The second-order valence-corrected chi connectivity index (χ2v) is 21.4. The molecule has 3 aromatic carbocycles. The lowest BCUT2D eigenvalue weighted by Gasteiger charge is -2.38. The number of nitrogens with one attached hydrogen (secondary N) is 2. The fourth-order valence-corrected chi connectivity index (χ4v) is 11.0. The van der Waals surface area contributed by atoms with Gasteiger partial charge in [0.15, 0.2) is 10.2 Å². The summed E-state index contributed by atoms with van der Waals surface area (Å²) in [4.78, 5) is 81.3. The van der Waals surface area contributed by atoms with E-state index >= 15 is 8.78 Å². The van der Waals surface area contributed by atoms with Gasteiger partial charge in [0.2, 0.25) is 23.6 Å². The molecule has 0 radical (unpaired) electrons. The number of benzene rings is 3. The molecule has 3 atom stereocenters. The van der Waals surface area contributed by atoms with Gasteiger partial charge in [0.25, 0.3) is 0 Å². The molecule has 2 saturated heterocycles. The molecule has 66 heavy (non-hydrogen) atoms. The van der Waals surface area contributed by atoms with E-state index in [1.54, 1.807) is 12.1 Å². The topological polar surface area (TPSA) is 168 Å². The monoisotopic (exact) mass is 968 g/mol. The molecule has 3 aromatic rings. The van der Waals surface area contributed by atoms with E-state index in [1.807, 2.05) is 70.2 Å². The molecule has 2 aliphatic rings. The summed E-state index contributed by atoms with van der Waals surface area (Å²) in [6.45, 7) is 8.15. The van der Waals surface area contributed by atoms with Crippen LogP contribution in [0.2, 0.25) is 0 Å². The molecule has 0 aliphatic carbocycles. The van der Waals surface area contributed by atoms with Gasteiger partial charge < -0.3 is 29.5 Å². The van der Waals surface area contributed by atoms with Gasteiger partial charge in [0.05, 0.1) is 13.2 Å². The van der Waals surface area contributed by atoms with Crippen LogP contribution in [-0.4, -0.2) is 99.6 Å². The molecule has 5 rings (SSSR count). The second-order valence-electron chi connectivity index (χ2n) is 17.0. The SMILES string of the molecule is CC(=O)N1CC[C@H]2CC[C@@H](C(=O)Nc3ccc(-c4ccccc4)cc3)N2C(=O)[C@@H](NC(=O)/C=C/c2ccc(C(F)(F)P(=O)(OCCSC(=O)CC(C)C)OCCSC(=O)CC(C)C)cc2)C1. The van der Waals surface area contributed by atoms with Crippen LogP contribution in [0, 0.1) is 11.8 Å². The quantitative estimate of drug-likeness (QED) is 0.0630. The molecule has 0 spiro atoms. The van der Waals surface area contributed by atoms with E-state index in [-0.39, 0.29) is 70.8 Å². The van der Waals surface area contributed by atoms with Crippen molar-refractivity contribution in [2.24, 2.45) is 11.8 Å². The van der Waals surface area contributed by atoms with Crippen molar-refractivity contribution in [3.63, 3.8) is 0 Å². The Morgan fingerprint density at radius 2 is 1.39 bits per heavy atom. The van der Waals surface area contributed by atoms with Crippen molar-refractivity contribution >= 4 is 76.7 Å². The van der Waals surface area contributed by atoms with Gasteiger partial charge in [-0.3, -0.25) is 33.3 Å². The van der Waals surface area contributed by atoms with Gasteiger partial charge in [-0.05, 0) is 66.0 Å². The van der Waals surface area contributed by atoms with E-state index in [1.165, 1.54) is 34.9 Å². The summed E-state index contributed by atoms with van der Waals surface area (Å²) in [6.07, 6.45) is 4.41. The Balaban J connectivity index is 1.25. The van der Waals surface area contributed by atoms with Crippen LogP contribution >= 0.6 is 31.1 Å². The van der Waals surface area contributed by atoms with Gasteiger partial charge >= 0.3 is 13.3 Å². The second kappa shape index (κ2) is 24.4. The molecule has 0 unspecified atom stereocenters. The van der Waals surface area contributed by atoms with Crippen LogP contribution in [-0.2, 0) is 48.0 Å². The molecule has 0 aromatic heterocycles. The lowest BCUT2D eigenvalue weighted by molar-refractivity contribution is -0.145. The number of alkyl halides is 2. The van der Waals surface area contributed by atoms with Crippen LogP contribution < -0.4 is 10.6 Å². The van der Waals surface area contributed by atoms with Crippen molar-refractivity contribution in [1.29, 1.82) is 0 Å². The van der Waals surface area contributed by atoms with Crippen molar-refractivity contribution in [1.82, 2.24) is 15.1 Å². The van der Waals surface area contributed by atoms with Gasteiger partial charge in [-0.25, -0.2) is 0 Å². The zero-order valence-corrected chi connectivity index (χ0v) is 40.4. The number of amides is 4. The van der Waals surface area contributed by atoms with E-state index in [0.717, 1.165) is 52.9 Å². The third-order valence-corrected chi connectivity index (χ3v) is 14.6. The van der Waals surface area contributed by atoms with E-state index in [2.05, 4.69) is 10.6 Å². The fourth-order valence-electron chi connectivity index (χ4n) is 7.58. The van der Waals surface area contributed by atoms with Crippen LogP contribution in [0.25, 0.3) is 17.2 Å². The molecule has 0 saturated carbocycles. The van der Waals surface area contributed by atoms with Crippen LogP contribution in [0.3, 0.4) is 0 Å². The van der Waals surface area contributed by atoms with Gasteiger partial charge in [0, 0.05) is 67.7 Å². The first kappa shape index (κ1) is 52.3. The van der Waals surface area contributed by atoms with E-state index < -0.39 is 55.9 Å².